The number of hydrogen-bond donors (Lipinski definition) is 6. The molecule has 4 atom stereocenters. The third-order valence-corrected chi connectivity index (χ3v) is 2.95. The first-order valence-electron chi connectivity index (χ1n) is 6.17. The van der Waals surface area contributed by atoms with Gasteiger partial charge in [0, 0.05) is 0 Å². The van der Waals surface area contributed by atoms with Crippen LogP contribution >= 0.6 is 0 Å². The summed E-state index contributed by atoms with van der Waals surface area (Å²) in [5, 5.41) is 56.3. The molecule has 6 nitrogen and oxygen atoms in total. The Hall–Kier alpha value is -1.44. The number of aliphatic hydroxyl groups excluding tert-OH is 6. The standard InChI is InChI=1S/C14H20O6/c1-8-2-4-9(5-3-8)6-10(16)12(18)14(20)13(19)11(17)7-15/h2-6,11-20H,7H2,1H3/b10-6-/t11-,12-,13+,14-/m0/s1. The Morgan fingerprint density at radius 2 is 1.60 bits per heavy atom. The van der Waals surface area contributed by atoms with E-state index in [4.69, 9.17) is 5.11 Å². The summed E-state index contributed by atoms with van der Waals surface area (Å²) in [6.07, 6.45) is -5.73. The molecule has 0 aromatic heterocycles. The summed E-state index contributed by atoms with van der Waals surface area (Å²) in [6, 6.07) is 7.05. The zero-order chi connectivity index (χ0) is 15.3. The lowest BCUT2D eigenvalue weighted by Crippen LogP contribution is -2.46. The molecule has 0 saturated carbocycles. The minimum Gasteiger partial charge on any atom is -0.509 e. The fraction of sp³-hybridized carbons (Fsp3) is 0.429. The lowest BCUT2D eigenvalue weighted by atomic mass is 10.0. The minimum absolute atomic E-state index is 0.550. The van der Waals surface area contributed by atoms with E-state index in [1.165, 1.54) is 6.08 Å². The zero-order valence-electron chi connectivity index (χ0n) is 11.1. The van der Waals surface area contributed by atoms with E-state index in [2.05, 4.69) is 0 Å². The summed E-state index contributed by atoms with van der Waals surface area (Å²) in [7, 11) is 0. The molecule has 1 rings (SSSR count). The van der Waals surface area contributed by atoms with E-state index in [1.54, 1.807) is 12.1 Å². The van der Waals surface area contributed by atoms with Crippen LogP contribution in [0.1, 0.15) is 11.1 Å². The molecule has 0 bridgehead atoms. The molecule has 1 aromatic rings. The summed E-state index contributed by atoms with van der Waals surface area (Å²) in [5.41, 5.74) is 1.64. The molecule has 0 spiro atoms. The quantitative estimate of drug-likeness (QED) is 0.385. The van der Waals surface area contributed by atoms with Gasteiger partial charge in [0.1, 0.15) is 30.2 Å². The van der Waals surface area contributed by atoms with Crippen molar-refractivity contribution in [3.8, 4) is 0 Å². The smallest absolute Gasteiger partial charge is 0.139 e. The SMILES string of the molecule is Cc1ccc(/C=C(\O)[C@H](O)[C@H](O)[C@H](O)[C@@H](O)CO)cc1. The predicted molar refractivity (Wildman–Crippen MR) is 72.9 cm³/mol. The number of hydrogen-bond acceptors (Lipinski definition) is 6. The van der Waals surface area contributed by atoms with Crippen LogP contribution in [0.5, 0.6) is 0 Å². The van der Waals surface area contributed by atoms with Gasteiger partial charge < -0.3 is 30.6 Å². The first-order chi connectivity index (χ1) is 9.36. The van der Waals surface area contributed by atoms with Crippen molar-refractivity contribution < 1.29 is 30.6 Å². The monoisotopic (exact) mass is 284 g/mol. The summed E-state index contributed by atoms with van der Waals surface area (Å²) in [5.74, 6) is -0.550. The van der Waals surface area contributed by atoms with E-state index < -0.39 is 36.8 Å². The second-order valence-corrected chi connectivity index (χ2v) is 4.66. The van der Waals surface area contributed by atoms with E-state index in [0.717, 1.165) is 5.56 Å². The molecule has 0 aliphatic heterocycles. The Bertz CT molecular complexity index is 441. The molecular formula is C14H20O6. The highest BCUT2D eigenvalue weighted by Gasteiger charge is 2.32. The Kier molecular flexibility index (Phi) is 6.12. The summed E-state index contributed by atoms with van der Waals surface area (Å²) < 4.78 is 0. The van der Waals surface area contributed by atoms with Crippen LogP contribution in [0.15, 0.2) is 30.0 Å². The van der Waals surface area contributed by atoms with Gasteiger partial charge in [0.2, 0.25) is 0 Å². The minimum atomic E-state index is -1.82. The van der Waals surface area contributed by atoms with Crippen molar-refractivity contribution in [1.82, 2.24) is 0 Å². The predicted octanol–water partition coefficient (Wildman–Crippen LogP) is -0.670. The molecule has 6 N–H and O–H groups in total. The van der Waals surface area contributed by atoms with Crippen LogP contribution in [0.25, 0.3) is 6.08 Å². The van der Waals surface area contributed by atoms with E-state index in [9.17, 15) is 25.5 Å². The van der Waals surface area contributed by atoms with Gasteiger partial charge in [-0.2, -0.15) is 0 Å². The molecular weight excluding hydrogens is 264 g/mol. The number of aliphatic hydroxyl groups is 6. The van der Waals surface area contributed by atoms with Gasteiger partial charge in [-0.15, -0.1) is 0 Å². The molecule has 0 heterocycles. The summed E-state index contributed by atoms with van der Waals surface area (Å²) >= 11 is 0. The van der Waals surface area contributed by atoms with E-state index in [-0.39, 0.29) is 0 Å². The van der Waals surface area contributed by atoms with Crippen LogP contribution in [0.4, 0.5) is 0 Å². The van der Waals surface area contributed by atoms with Crippen LogP contribution in [0.2, 0.25) is 0 Å². The molecule has 1 aromatic carbocycles. The average Bonchev–Trinajstić information content (AvgIpc) is 2.46. The Labute approximate surface area is 116 Å². The molecule has 0 aliphatic carbocycles. The molecule has 0 radical (unpaired) electrons. The number of aryl methyl sites for hydroxylation is 1. The highest BCUT2D eigenvalue weighted by atomic mass is 16.4. The molecule has 0 aliphatic rings. The maximum absolute atomic E-state index is 9.71. The fourth-order valence-corrected chi connectivity index (χ4v) is 1.62. The van der Waals surface area contributed by atoms with Crippen molar-refractivity contribution in [3.05, 3.63) is 41.2 Å². The van der Waals surface area contributed by atoms with Gasteiger partial charge in [0.05, 0.1) is 6.61 Å². The van der Waals surface area contributed by atoms with Crippen LogP contribution in [-0.4, -0.2) is 61.7 Å². The average molecular weight is 284 g/mol. The lowest BCUT2D eigenvalue weighted by Gasteiger charge is -2.25. The van der Waals surface area contributed by atoms with Gasteiger partial charge >= 0.3 is 0 Å². The lowest BCUT2D eigenvalue weighted by molar-refractivity contribution is -0.112. The van der Waals surface area contributed by atoms with Gasteiger partial charge in [-0.3, -0.25) is 0 Å². The first-order valence-corrected chi connectivity index (χ1v) is 6.17. The first kappa shape index (κ1) is 16.6. The van der Waals surface area contributed by atoms with Crippen molar-refractivity contribution in [3.63, 3.8) is 0 Å². The van der Waals surface area contributed by atoms with Gasteiger partial charge in [-0.25, -0.2) is 0 Å². The second-order valence-electron chi connectivity index (χ2n) is 4.66. The normalized spacial score (nSPS) is 18.4. The van der Waals surface area contributed by atoms with E-state index in [1.807, 2.05) is 19.1 Å². The van der Waals surface area contributed by atoms with Crippen molar-refractivity contribution in [2.75, 3.05) is 6.61 Å². The Balaban J connectivity index is 2.79. The summed E-state index contributed by atoms with van der Waals surface area (Å²) in [4.78, 5) is 0. The molecule has 0 unspecified atom stereocenters. The van der Waals surface area contributed by atoms with Crippen molar-refractivity contribution >= 4 is 6.08 Å². The summed E-state index contributed by atoms with van der Waals surface area (Å²) in [6.45, 7) is 1.13. The van der Waals surface area contributed by atoms with Gasteiger partial charge in [-0.1, -0.05) is 29.8 Å². The van der Waals surface area contributed by atoms with Crippen molar-refractivity contribution in [2.45, 2.75) is 31.3 Å². The zero-order valence-corrected chi connectivity index (χ0v) is 11.1. The van der Waals surface area contributed by atoms with Gasteiger partial charge in [0.25, 0.3) is 0 Å². The van der Waals surface area contributed by atoms with E-state index in [0.29, 0.717) is 5.56 Å². The molecule has 0 saturated heterocycles. The molecule has 0 fully saturated rings. The Morgan fingerprint density at radius 3 is 2.10 bits per heavy atom. The topological polar surface area (TPSA) is 121 Å². The molecule has 112 valence electrons. The van der Waals surface area contributed by atoms with Crippen molar-refractivity contribution in [1.29, 1.82) is 0 Å². The number of benzene rings is 1. The molecule has 20 heavy (non-hydrogen) atoms. The second kappa shape index (κ2) is 7.37. The highest BCUT2D eigenvalue weighted by molar-refractivity contribution is 5.52. The van der Waals surface area contributed by atoms with Crippen molar-refractivity contribution in [2.24, 2.45) is 0 Å². The Morgan fingerprint density at radius 1 is 1.05 bits per heavy atom. The fourth-order valence-electron chi connectivity index (χ4n) is 1.62. The van der Waals surface area contributed by atoms with Gasteiger partial charge in [-0.05, 0) is 18.6 Å². The maximum Gasteiger partial charge on any atom is 0.139 e. The van der Waals surface area contributed by atoms with Crippen LogP contribution in [0, 0.1) is 6.92 Å². The van der Waals surface area contributed by atoms with Gasteiger partial charge in [0.15, 0.2) is 0 Å². The largest absolute Gasteiger partial charge is 0.509 e. The highest BCUT2D eigenvalue weighted by Crippen LogP contribution is 2.14. The number of rotatable bonds is 6. The third kappa shape index (κ3) is 4.29. The van der Waals surface area contributed by atoms with Crippen LogP contribution < -0.4 is 0 Å². The maximum atomic E-state index is 9.71. The van der Waals surface area contributed by atoms with Crippen LogP contribution in [0.3, 0.4) is 0 Å². The van der Waals surface area contributed by atoms with Crippen LogP contribution in [-0.2, 0) is 0 Å². The molecule has 0 amide bonds. The third-order valence-electron chi connectivity index (χ3n) is 2.95. The molecule has 6 heteroatoms. The van der Waals surface area contributed by atoms with E-state index >= 15 is 0 Å².